The molecule has 2 aliphatic rings. The standard InChI is InChI=1S/C23H38N4O2S/c1-17(2)14-26(15-18-7-4-3-5-8-18)19-13-20(22(28)25-11-10-24)27(16-19)23(29)21-9-6-12-30-21/h6,9,12,17-20H,3-5,7-8,10-11,13-16,24H2,1-2H3,(H,25,28). The van der Waals surface area contributed by atoms with Crippen LogP contribution in [0.3, 0.4) is 0 Å². The van der Waals surface area contributed by atoms with Gasteiger partial charge in [-0.15, -0.1) is 11.3 Å². The lowest BCUT2D eigenvalue weighted by atomic mass is 9.88. The molecule has 3 N–H and O–H groups in total. The number of amides is 2. The molecule has 1 saturated carbocycles. The summed E-state index contributed by atoms with van der Waals surface area (Å²) in [6.45, 7) is 8.07. The van der Waals surface area contributed by atoms with Crippen LogP contribution >= 0.6 is 11.3 Å². The van der Waals surface area contributed by atoms with Crippen molar-refractivity contribution < 1.29 is 9.59 Å². The quantitative estimate of drug-likeness (QED) is 0.626. The molecule has 2 fully saturated rings. The molecule has 1 aliphatic carbocycles. The fourth-order valence-corrected chi connectivity index (χ4v) is 5.63. The maximum absolute atomic E-state index is 13.2. The lowest BCUT2D eigenvalue weighted by Gasteiger charge is -2.35. The molecule has 2 heterocycles. The average Bonchev–Trinajstić information content (AvgIpc) is 3.42. The maximum atomic E-state index is 13.2. The Labute approximate surface area is 185 Å². The van der Waals surface area contributed by atoms with Crippen LogP contribution in [0.15, 0.2) is 17.5 Å². The third-order valence-electron chi connectivity index (χ3n) is 6.35. The molecule has 2 atom stereocenters. The molecule has 168 valence electrons. The summed E-state index contributed by atoms with van der Waals surface area (Å²) in [5.41, 5.74) is 5.58. The van der Waals surface area contributed by atoms with Gasteiger partial charge in [0.05, 0.1) is 4.88 Å². The zero-order chi connectivity index (χ0) is 21.5. The van der Waals surface area contributed by atoms with Gasteiger partial charge in [-0.25, -0.2) is 0 Å². The summed E-state index contributed by atoms with van der Waals surface area (Å²) < 4.78 is 0. The zero-order valence-electron chi connectivity index (χ0n) is 18.5. The molecular weight excluding hydrogens is 396 g/mol. The molecule has 0 spiro atoms. The van der Waals surface area contributed by atoms with Crippen molar-refractivity contribution in [2.45, 2.75) is 64.5 Å². The molecule has 0 radical (unpaired) electrons. The van der Waals surface area contributed by atoms with Gasteiger partial charge in [0.1, 0.15) is 6.04 Å². The van der Waals surface area contributed by atoms with E-state index in [1.165, 1.54) is 43.4 Å². The third kappa shape index (κ3) is 6.05. The van der Waals surface area contributed by atoms with Gasteiger partial charge in [0.2, 0.25) is 5.91 Å². The zero-order valence-corrected chi connectivity index (χ0v) is 19.3. The van der Waals surface area contributed by atoms with Crippen molar-refractivity contribution in [1.82, 2.24) is 15.1 Å². The Balaban J connectivity index is 1.76. The molecule has 3 rings (SSSR count). The summed E-state index contributed by atoms with van der Waals surface area (Å²) in [5.74, 6) is 1.20. The van der Waals surface area contributed by atoms with Gasteiger partial charge in [-0.3, -0.25) is 14.5 Å². The van der Waals surface area contributed by atoms with Crippen LogP contribution in [0.4, 0.5) is 0 Å². The predicted octanol–water partition coefficient (Wildman–Crippen LogP) is 2.94. The van der Waals surface area contributed by atoms with Crippen LogP contribution in [-0.2, 0) is 4.79 Å². The Morgan fingerprint density at radius 1 is 1.30 bits per heavy atom. The first-order chi connectivity index (χ1) is 14.5. The van der Waals surface area contributed by atoms with Crippen molar-refractivity contribution in [3.8, 4) is 0 Å². The van der Waals surface area contributed by atoms with E-state index in [2.05, 4.69) is 24.1 Å². The number of rotatable bonds is 9. The highest BCUT2D eigenvalue weighted by Gasteiger charge is 2.42. The number of hydrogen-bond donors (Lipinski definition) is 2. The van der Waals surface area contributed by atoms with Crippen LogP contribution < -0.4 is 11.1 Å². The summed E-state index contributed by atoms with van der Waals surface area (Å²) >= 11 is 1.44. The fraction of sp³-hybridized carbons (Fsp3) is 0.739. The van der Waals surface area contributed by atoms with Gasteiger partial charge >= 0.3 is 0 Å². The van der Waals surface area contributed by atoms with E-state index in [-0.39, 0.29) is 17.9 Å². The number of nitrogens with two attached hydrogens (primary N) is 1. The Morgan fingerprint density at radius 3 is 2.70 bits per heavy atom. The van der Waals surface area contributed by atoms with Crippen molar-refractivity contribution >= 4 is 23.2 Å². The van der Waals surface area contributed by atoms with Gasteiger partial charge in [-0.1, -0.05) is 39.2 Å². The first-order valence-electron chi connectivity index (χ1n) is 11.6. The molecule has 1 aromatic rings. The number of hydrogen-bond acceptors (Lipinski definition) is 5. The highest BCUT2D eigenvalue weighted by molar-refractivity contribution is 7.12. The van der Waals surface area contributed by atoms with E-state index >= 15 is 0 Å². The molecule has 0 bridgehead atoms. The fourth-order valence-electron chi connectivity index (χ4n) is 4.95. The first-order valence-corrected chi connectivity index (χ1v) is 12.4. The Hall–Kier alpha value is -1.44. The largest absolute Gasteiger partial charge is 0.353 e. The normalized spacial score (nSPS) is 22.8. The molecule has 7 heteroatoms. The van der Waals surface area contributed by atoms with E-state index in [0.717, 1.165) is 19.0 Å². The molecule has 1 aromatic heterocycles. The van der Waals surface area contributed by atoms with Gasteiger partial charge in [0, 0.05) is 38.8 Å². The smallest absolute Gasteiger partial charge is 0.264 e. The summed E-state index contributed by atoms with van der Waals surface area (Å²) in [4.78, 5) is 31.2. The van der Waals surface area contributed by atoms with E-state index < -0.39 is 6.04 Å². The van der Waals surface area contributed by atoms with Crippen LogP contribution in [0.2, 0.25) is 0 Å². The molecule has 1 saturated heterocycles. The molecule has 2 unspecified atom stereocenters. The van der Waals surface area contributed by atoms with E-state index in [1.807, 2.05) is 17.5 Å². The van der Waals surface area contributed by atoms with Crippen molar-refractivity contribution in [1.29, 1.82) is 0 Å². The van der Waals surface area contributed by atoms with Gasteiger partial charge in [0.15, 0.2) is 0 Å². The average molecular weight is 435 g/mol. The van der Waals surface area contributed by atoms with Crippen LogP contribution in [0.1, 0.15) is 62.0 Å². The van der Waals surface area contributed by atoms with Crippen molar-refractivity contribution in [3.05, 3.63) is 22.4 Å². The Bertz CT molecular complexity index is 673. The number of carbonyl (C=O) groups excluding carboxylic acids is 2. The lowest BCUT2D eigenvalue weighted by molar-refractivity contribution is -0.124. The summed E-state index contributed by atoms with van der Waals surface area (Å²) in [7, 11) is 0. The van der Waals surface area contributed by atoms with Crippen LogP contribution in [-0.4, -0.2) is 66.4 Å². The van der Waals surface area contributed by atoms with Crippen molar-refractivity contribution in [2.24, 2.45) is 17.6 Å². The summed E-state index contributed by atoms with van der Waals surface area (Å²) in [6.07, 6.45) is 7.33. The minimum atomic E-state index is -0.419. The van der Waals surface area contributed by atoms with Gasteiger partial charge in [-0.05, 0) is 42.5 Å². The summed E-state index contributed by atoms with van der Waals surface area (Å²) in [6, 6.07) is 3.55. The first kappa shape index (κ1) is 23.2. The van der Waals surface area contributed by atoms with Crippen LogP contribution in [0.25, 0.3) is 0 Å². The second-order valence-electron chi connectivity index (χ2n) is 9.27. The monoisotopic (exact) mass is 434 g/mol. The van der Waals surface area contributed by atoms with E-state index in [4.69, 9.17) is 5.73 Å². The number of carbonyl (C=O) groups is 2. The molecule has 30 heavy (non-hydrogen) atoms. The highest BCUT2D eigenvalue weighted by Crippen LogP contribution is 2.30. The summed E-state index contributed by atoms with van der Waals surface area (Å²) in [5, 5.41) is 4.83. The number of nitrogens with zero attached hydrogens (tertiary/aromatic N) is 2. The van der Waals surface area contributed by atoms with Crippen LogP contribution in [0.5, 0.6) is 0 Å². The molecule has 2 amide bonds. The Kier molecular flexibility index (Phi) is 8.72. The number of thiophene rings is 1. The molecule has 1 aliphatic heterocycles. The third-order valence-corrected chi connectivity index (χ3v) is 7.21. The van der Waals surface area contributed by atoms with Crippen LogP contribution in [0, 0.1) is 11.8 Å². The number of nitrogens with one attached hydrogen (secondary N) is 1. The van der Waals surface area contributed by atoms with Gasteiger partial charge < -0.3 is 16.0 Å². The second-order valence-corrected chi connectivity index (χ2v) is 10.2. The minimum Gasteiger partial charge on any atom is -0.353 e. The topological polar surface area (TPSA) is 78.7 Å². The highest BCUT2D eigenvalue weighted by atomic mass is 32.1. The number of likely N-dealkylation sites (tertiary alicyclic amines) is 1. The Morgan fingerprint density at radius 2 is 2.07 bits per heavy atom. The second kappa shape index (κ2) is 11.3. The van der Waals surface area contributed by atoms with E-state index in [0.29, 0.717) is 36.9 Å². The van der Waals surface area contributed by atoms with Gasteiger partial charge in [0.25, 0.3) is 5.91 Å². The van der Waals surface area contributed by atoms with Crippen molar-refractivity contribution in [2.75, 3.05) is 32.7 Å². The van der Waals surface area contributed by atoms with Crippen molar-refractivity contribution in [3.63, 3.8) is 0 Å². The van der Waals surface area contributed by atoms with E-state index in [1.54, 1.807) is 4.90 Å². The van der Waals surface area contributed by atoms with E-state index in [9.17, 15) is 9.59 Å². The maximum Gasteiger partial charge on any atom is 0.264 e. The SMILES string of the molecule is CC(C)CN(CC1CCCCC1)C1CC(C(=O)NCCN)N(C(=O)c2cccs2)C1. The predicted molar refractivity (Wildman–Crippen MR) is 123 cm³/mol. The minimum absolute atomic E-state index is 0.0254. The lowest BCUT2D eigenvalue weighted by Crippen LogP contribution is -2.46. The molecule has 6 nitrogen and oxygen atoms in total. The molecular formula is C23H38N4O2S. The van der Waals surface area contributed by atoms with Gasteiger partial charge in [-0.2, -0.15) is 0 Å². The molecule has 0 aromatic carbocycles.